The van der Waals surface area contributed by atoms with Gasteiger partial charge in [0.15, 0.2) is 0 Å². The molecule has 1 aliphatic rings. The third-order valence-electron chi connectivity index (χ3n) is 7.73. The van der Waals surface area contributed by atoms with Crippen LogP contribution in [-0.2, 0) is 12.8 Å². The fourth-order valence-electron chi connectivity index (χ4n) is 5.30. The summed E-state index contributed by atoms with van der Waals surface area (Å²) in [6.45, 7) is 5.37. The number of hydrogen-bond acceptors (Lipinski definition) is 3. The summed E-state index contributed by atoms with van der Waals surface area (Å²) >= 11 is 0. The van der Waals surface area contributed by atoms with Crippen LogP contribution in [0.2, 0.25) is 0 Å². The quantitative estimate of drug-likeness (QED) is 0.212. The number of rotatable bonds is 17. The molecular formula is C32H50N2O. The average Bonchev–Trinajstić information content (AvgIpc) is 2.90. The third-order valence-corrected chi connectivity index (χ3v) is 7.73. The van der Waals surface area contributed by atoms with Gasteiger partial charge in [-0.15, -0.1) is 0 Å². The van der Waals surface area contributed by atoms with Crippen molar-refractivity contribution in [2.24, 2.45) is 5.92 Å². The van der Waals surface area contributed by atoms with Crippen molar-refractivity contribution in [3.63, 3.8) is 0 Å². The van der Waals surface area contributed by atoms with Crippen LogP contribution in [0.3, 0.4) is 0 Å². The van der Waals surface area contributed by atoms with E-state index in [0.717, 1.165) is 24.6 Å². The lowest BCUT2D eigenvalue weighted by molar-refractivity contribution is 0.198. The highest BCUT2D eigenvalue weighted by Gasteiger charge is 2.24. The van der Waals surface area contributed by atoms with Crippen LogP contribution in [0.5, 0.6) is 5.75 Å². The molecular weight excluding hydrogens is 428 g/mol. The first kappa shape index (κ1) is 27.7. The molecule has 194 valence electrons. The van der Waals surface area contributed by atoms with Gasteiger partial charge < -0.3 is 4.74 Å². The summed E-state index contributed by atoms with van der Waals surface area (Å²) in [5, 5.41) is 0. The van der Waals surface area contributed by atoms with Crippen molar-refractivity contribution in [3.8, 4) is 5.75 Å². The van der Waals surface area contributed by atoms with Gasteiger partial charge in [0.25, 0.3) is 0 Å². The Kier molecular flexibility index (Phi) is 13.2. The Balaban J connectivity index is 1.28. The molecule has 0 N–H and O–H groups in total. The van der Waals surface area contributed by atoms with Crippen LogP contribution in [0.1, 0.15) is 133 Å². The normalized spacial score (nSPS) is 18.0. The Morgan fingerprint density at radius 1 is 0.657 bits per heavy atom. The summed E-state index contributed by atoms with van der Waals surface area (Å²) in [6.07, 6.45) is 26.1. The fourth-order valence-corrected chi connectivity index (χ4v) is 5.30. The maximum atomic E-state index is 6.16. The van der Waals surface area contributed by atoms with E-state index in [1.165, 1.54) is 114 Å². The molecule has 1 aromatic carbocycles. The van der Waals surface area contributed by atoms with E-state index in [-0.39, 0.29) is 0 Å². The lowest BCUT2D eigenvalue weighted by Crippen LogP contribution is -2.20. The Morgan fingerprint density at radius 2 is 1.20 bits per heavy atom. The van der Waals surface area contributed by atoms with Crippen molar-refractivity contribution in [2.75, 3.05) is 6.61 Å². The molecule has 35 heavy (non-hydrogen) atoms. The predicted octanol–water partition coefficient (Wildman–Crippen LogP) is 9.25. The van der Waals surface area contributed by atoms with E-state index >= 15 is 0 Å². The molecule has 0 bridgehead atoms. The monoisotopic (exact) mass is 478 g/mol. The summed E-state index contributed by atoms with van der Waals surface area (Å²) in [5.41, 5.74) is 2.73. The van der Waals surface area contributed by atoms with E-state index in [0.29, 0.717) is 11.8 Å². The van der Waals surface area contributed by atoms with Crippen LogP contribution in [0.15, 0.2) is 36.7 Å². The zero-order valence-corrected chi connectivity index (χ0v) is 22.6. The lowest BCUT2D eigenvalue weighted by Gasteiger charge is -2.27. The van der Waals surface area contributed by atoms with Crippen molar-refractivity contribution in [2.45, 2.75) is 129 Å². The first-order valence-electron chi connectivity index (χ1n) is 14.8. The van der Waals surface area contributed by atoms with Crippen LogP contribution in [0, 0.1) is 5.92 Å². The molecule has 0 amide bonds. The maximum absolute atomic E-state index is 6.16. The molecule has 0 radical (unpaired) electrons. The highest BCUT2D eigenvalue weighted by atomic mass is 16.5. The van der Waals surface area contributed by atoms with Crippen LogP contribution in [0.25, 0.3) is 0 Å². The Morgan fingerprint density at radius 3 is 1.86 bits per heavy atom. The summed E-state index contributed by atoms with van der Waals surface area (Å²) in [6, 6.07) is 8.86. The van der Waals surface area contributed by atoms with Crippen molar-refractivity contribution in [3.05, 3.63) is 53.6 Å². The molecule has 0 aliphatic heterocycles. The molecule has 0 saturated heterocycles. The summed E-state index contributed by atoms with van der Waals surface area (Å²) in [7, 11) is 0. The van der Waals surface area contributed by atoms with E-state index in [1.54, 1.807) is 0 Å². The molecule has 0 spiro atoms. The summed E-state index contributed by atoms with van der Waals surface area (Å²) < 4.78 is 6.16. The molecule has 1 fully saturated rings. The van der Waals surface area contributed by atoms with Crippen molar-refractivity contribution in [1.29, 1.82) is 0 Å². The standard InChI is InChI=1S/C32H50N2O/c1-3-5-7-8-9-10-11-13-14-27-18-22-31(23-19-27)35-26-28-16-20-30(21-17-28)32-33-24-29(25-34-32)15-12-6-4-2/h18-19,22-25,28,30H,3-17,20-21,26H2,1-2H3. The second-order valence-corrected chi connectivity index (χ2v) is 10.8. The third kappa shape index (κ3) is 10.7. The van der Waals surface area contributed by atoms with E-state index in [1.807, 2.05) is 0 Å². The zero-order chi connectivity index (χ0) is 24.6. The molecule has 0 atom stereocenters. The molecule has 1 saturated carbocycles. The van der Waals surface area contributed by atoms with E-state index in [4.69, 9.17) is 14.7 Å². The minimum absolute atomic E-state index is 0.520. The molecule has 1 aliphatic carbocycles. The summed E-state index contributed by atoms with van der Waals surface area (Å²) in [4.78, 5) is 9.42. The number of benzene rings is 1. The minimum Gasteiger partial charge on any atom is -0.493 e. The number of ether oxygens (including phenoxy) is 1. The predicted molar refractivity (Wildman–Crippen MR) is 148 cm³/mol. The van der Waals surface area contributed by atoms with Gasteiger partial charge in [0.2, 0.25) is 0 Å². The van der Waals surface area contributed by atoms with E-state index in [9.17, 15) is 0 Å². The number of hydrogen-bond donors (Lipinski definition) is 0. The number of nitrogens with zero attached hydrogens (tertiary/aromatic N) is 2. The van der Waals surface area contributed by atoms with Gasteiger partial charge >= 0.3 is 0 Å². The molecule has 0 unspecified atom stereocenters. The van der Waals surface area contributed by atoms with Crippen LogP contribution < -0.4 is 4.74 Å². The van der Waals surface area contributed by atoms with E-state index in [2.05, 4.69) is 50.5 Å². The smallest absolute Gasteiger partial charge is 0.131 e. The van der Waals surface area contributed by atoms with Crippen LogP contribution >= 0.6 is 0 Å². The molecule has 1 aromatic heterocycles. The maximum Gasteiger partial charge on any atom is 0.131 e. The average molecular weight is 479 g/mol. The Hall–Kier alpha value is -1.90. The van der Waals surface area contributed by atoms with Crippen molar-refractivity contribution < 1.29 is 4.74 Å². The first-order chi connectivity index (χ1) is 17.3. The minimum atomic E-state index is 0.520. The lowest BCUT2D eigenvalue weighted by atomic mass is 9.82. The fraction of sp³-hybridized carbons (Fsp3) is 0.688. The van der Waals surface area contributed by atoms with Gasteiger partial charge in [0.1, 0.15) is 11.6 Å². The van der Waals surface area contributed by atoms with Gasteiger partial charge in [-0.2, -0.15) is 0 Å². The Bertz CT molecular complexity index is 778. The second kappa shape index (κ2) is 16.7. The molecule has 3 rings (SSSR count). The van der Waals surface area contributed by atoms with Crippen molar-refractivity contribution >= 4 is 0 Å². The highest BCUT2D eigenvalue weighted by molar-refractivity contribution is 5.27. The largest absolute Gasteiger partial charge is 0.493 e. The highest BCUT2D eigenvalue weighted by Crippen LogP contribution is 2.34. The van der Waals surface area contributed by atoms with Gasteiger partial charge in [-0.05, 0) is 80.5 Å². The van der Waals surface area contributed by atoms with Crippen molar-refractivity contribution in [1.82, 2.24) is 9.97 Å². The van der Waals surface area contributed by atoms with Gasteiger partial charge in [0.05, 0.1) is 6.61 Å². The molecule has 3 heteroatoms. The van der Waals surface area contributed by atoms with Gasteiger partial charge in [-0.1, -0.05) is 83.8 Å². The summed E-state index contributed by atoms with van der Waals surface area (Å²) in [5.74, 6) is 3.24. The van der Waals surface area contributed by atoms with Gasteiger partial charge in [-0.25, -0.2) is 9.97 Å². The first-order valence-corrected chi connectivity index (χ1v) is 14.8. The zero-order valence-electron chi connectivity index (χ0n) is 22.6. The van der Waals surface area contributed by atoms with Gasteiger partial charge in [0, 0.05) is 18.3 Å². The topological polar surface area (TPSA) is 35.0 Å². The Labute approximate surface area is 215 Å². The van der Waals surface area contributed by atoms with E-state index < -0.39 is 0 Å². The molecule has 1 heterocycles. The molecule has 2 aromatic rings. The van der Waals surface area contributed by atoms with Crippen LogP contribution in [0.4, 0.5) is 0 Å². The number of aromatic nitrogens is 2. The van der Waals surface area contributed by atoms with Crippen LogP contribution in [-0.4, -0.2) is 16.6 Å². The SMILES string of the molecule is CCCCCCCCCCc1ccc(OCC2CCC(c3ncc(CCCCC)cn3)CC2)cc1. The second-order valence-electron chi connectivity index (χ2n) is 10.8. The number of aryl methyl sites for hydroxylation is 2. The van der Waals surface area contributed by atoms with Gasteiger partial charge in [-0.3, -0.25) is 0 Å². The molecule has 3 nitrogen and oxygen atoms in total. The number of unbranched alkanes of at least 4 members (excludes halogenated alkanes) is 9.